The third-order valence-corrected chi connectivity index (χ3v) is 9.18. The molecule has 1 unspecified atom stereocenters. The summed E-state index contributed by atoms with van der Waals surface area (Å²) in [5.41, 5.74) is 0.504. The second-order valence-electron chi connectivity index (χ2n) is 10.6. The molecule has 1 aromatic carbocycles. The van der Waals surface area contributed by atoms with Crippen LogP contribution in [0.15, 0.2) is 24.3 Å². The van der Waals surface area contributed by atoms with Crippen LogP contribution in [0, 0.1) is 5.41 Å². The fourth-order valence-electron chi connectivity index (χ4n) is 4.05. The Kier molecular flexibility index (Phi) is 13.3. The molecular formula is C27H40ClN3O4S2. The standard InChI is InChI=1S/C27H40ClN3O4S2/c1-5-29-26(35)24(33)21(16-18-10-12-19(28)13-11-18)31-25(34)22(17-27(2,3)4)30-23(32)9-7-6-8-20-14-15-36-37-20/h10-13,20-22H,5-9,14-17H2,1-4H3,(H,29,35)(H,30,32)(H,31,34)/t20?,21-,22-/m0/s1. The van der Waals surface area contributed by atoms with Crippen LogP contribution < -0.4 is 16.0 Å². The highest BCUT2D eigenvalue weighted by Gasteiger charge is 2.32. The van der Waals surface area contributed by atoms with Gasteiger partial charge in [-0.05, 0) is 55.7 Å². The summed E-state index contributed by atoms with van der Waals surface area (Å²) in [6.07, 6.45) is 4.95. The number of amides is 3. The van der Waals surface area contributed by atoms with Crippen molar-refractivity contribution in [1.82, 2.24) is 16.0 Å². The van der Waals surface area contributed by atoms with Gasteiger partial charge in [0, 0.05) is 35.4 Å². The maximum Gasteiger partial charge on any atom is 0.289 e. The Bertz CT molecular complexity index is 915. The van der Waals surface area contributed by atoms with Crippen LogP contribution >= 0.6 is 33.2 Å². The highest BCUT2D eigenvalue weighted by molar-refractivity contribution is 8.77. The van der Waals surface area contributed by atoms with Crippen LogP contribution in [0.3, 0.4) is 0 Å². The lowest BCUT2D eigenvalue weighted by Crippen LogP contribution is -2.55. The first-order valence-electron chi connectivity index (χ1n) is 12.9. The number of nitrogens with one attached hydrogen (secondary N) is 3. The Morgan fingerprint density at radius 3 is 2.35 bits per heavy atom. The van der Waals surface area contributed by atoms with Gasteiger partial charge >= 0.3 is 0 Å². The van der Waals surface area contributed by atoms with Crippen molar-refractivity contribution in [3.05, 3.63) is 34.9 Å². The van der Waals surface area contributed by atoms with E-state index < -0.39 is 29.7 Å². The largest absolute Gasteiger partial charge is 0.350 e. The molecule has 1 aliphatic heterocycles. The fourth-order valence-corrected chi connectivity index (χ4v) is 7.21. The number of carbonyl (C=O) groups is 4. The smallest absolute Gasteiger partial charge is 0.289 e. The molecule has 206 valence electrons. The van der Waals surface area contributed by atoms with E-state index >= 15 is 0 Å². The lowest BCUT2D eigenvalue weighted by molar-refractivity contribution is -0.140. The average Bonchev–Trinajstić information content (AvgIpc) is 3.35. The topological polar surface area (TPSA) is 104 Å². The minimum absolute atomic E-state index is 0.131. The number of hydrogen-bond donors (Lipinski definition) is 3. The summed E-state index contributed by atoms with van der Waals surface area (Å²) in [4.78, 5) is 51.3. The maximum absolute atomic E-state index is 13.4. The minimum Gasteiger partial charge on any atom is -0.350 e. The van der Waals surface area contributed by atoms with Gasteiger partial charge in [0.15, 0.2) is 0 Å². The molecule has 37 heavy (non-hydrogen) atoms. The van der Waals surface area contributed by atoms with Crippen molar-refractivity contribution in [1.29, 1.82) is 0 Å². The second-order valence-corrected chi connectivity index (χ2v) is 13.8. The molecule has 1 fully saturated rings. The molecule has 2 rings (SSSR count). The molecule has 0 aromatic heterocycles. The summed E-state index contributed by atoms with van der Waals surface area (Å²) in [6.45, 7) is 7.98. The summed E-state index contributed by atoms with van der Waals surface area (Å²) in [5.74, 6) is -0.937. The van der Waals surface area contributed by atoms with E-state index in [4.69, 9.17) is 11.6 Å². The molecule has 7 nitrogen and oxygen atoms in total. The van der Waals surface area contributed by atoms with Crippen LogP contribution in [0.4, 0.5) is 0 Å². The minimum atomic E-state index is -1.07. The van der Waals surface area contributed by atoms with Gasteiger partial charge in [0.2, 0.25) is 17.6 Å². The molecule has 3 amide bonds. The molecule has 0 radical (unpaired) electrons. The van der Waals surface area contributed by atoms with Gasteiger partial charge in [0.05, 0.1) is 0 Å². The van der Waals surface area contributed by atoms with E-state index in [1.54, 1.807) is 31.2 Å². The molecule has 1 heterocycles. The summed E-state index contributed by atoms with van der Waals surface area (Å²) < 4.78 is 0. The zero-order valence-electron chi connectivity index (χ0n) is 22.2. The summed E-state index contributed by atoms with van der Waals surface area (Å²) >= 11 is 5.97. The molecule has 3 atom stereocenters. The van der Waals surface area contributed by atoms with Crippen molar-refractivity contribution >= 4 is 56.7 Å². The van der Waals surface area contributed by atoms with Crippen LogP contribution in [0.1, 0.15) is 71.8 Å². The lowest BCUT2D eigenvalue weighted by Gasteiger charge is -2.28. The van der Waals surface area contributed by atoms with Gasteiger partial charge in [0.1, 0.15) is 12.1 Å². The van der Waals surface area contributed by atoms with E-state index in [0.717, 1.165) is 24.8 Å². The van der Waals surface area contributed by atoms with Crippen molar-refractivity contribution in [2.24, 2.45) is 5.41 Å². The quantitative estimate of drug-likeness (QED) is 0.170. The Morgan fingerprint density at radius 2 is 1.76 bits per heavy atom. The van der Waals surface area contributed by atoms with Gasteiger partial charge in [-0.1, -0.05) is 72.5 Å². The molecule has 0 aliphatic carbocycles. The van der Waals surface area contributed by atoms with Gasteiger partial charge in [0.25, 0.3) is 5.91 Å². The lowest BCUT2D eigenvalue weighted by atomic mass is 9.87. The van der Waals surface area contributed by atoms with Crippen LogP contribution in [0.5, 0.6) is 0 Å². The van der Waals surface area contributed by atoms with Crippen molar-refractivity contribution in [3.8, 4) is 0 Å². The summed E-state index contributed by atoms with van der Waals surface area (Å²) in [6, 6.07) is 5.01. The van der Waals surface area contributed by atoms with Crippen molar-refractivity contribution in [3.63, 3.8) is 0 Å². The average molecular weight is 570 g/mol. The Labute approximate surface area is 233 Å². The van der Waals surface area contributed by atoms with Crippen LogP contribution in [0.25, 0.3) is 0 Å². The van der Waals surface area contributed by atoms with Gasteiger partial charge in [-0.3, -0.25) is 19.2 Å². The molecule has 0 spiro atoms. The van der Waals surface area contributed by atoms with Crippen molar-refractivity contribution in [2.45, 2.75) is 90.0 Å². The number of halogens is 1. The van der Waals surface area contributed by atoms with Crippen molar-refractivity contribution < 1.29 is 19.2 Å². The van der Waals surface area contributed by atoms with Gasteiger partial charge in [-0.15, -0.1) is 0 Å². The Hall–Kier alpha value is -1.71. The first kappa shape index (κ1) is 31.5. The maximum atomic E-state index is 13.4. The van der Waals surface area contributed by atoms with E-state index in [0.29, 0.717) is 29.7 Å². The number of rotatable bonds is 14. The number of Topliss-reactive ketones (excluding diaryl/α,β-unsaturated/α-hetero) is 1. The third kappa shape index (κ3) is 12.1. The zero-order valence-corrected chi connectivity index (χ0v) is 24.6. The number of carbonyl (C=O) groups excluding carboxylic acids is 4. The monoisotopic (exact) mass is 569 g/mol. The SMILES string of the molecule is CCNC(=O)C(=O)[C@H](Cc1ccc(Cl)cc1)NC(=O)[C@H](CC(C)(C)C)NC(=O)CCCCC1CCSS1. The predicted octanol–water partition coefficient (Wildman–Crippen LogP) is 4.71. The second kappa shape index (κ2) is 15.6. The molecule has 1 saturated heterocycles. The molecule has 0 bridgehead atoms. The first-order chi connectivity index (χ1) is 17.5. The Morgan fingerprint density at radius 1 is 1.05 bits per heavy atom. The number of hydrogen-bond acceptors (Lipinski definition) is 6. The fraction of sp³-hybridized carbons (Fsp3) is 0.630. The van der Waals surface area contributed by atoms with Crippen LogP contribution in [-0.4, -0.2) is 53.1 Å². The third-order valence-electron chi connectivity index (χ3n) is 5.92. The highest BCUT2D eigenvalue weighted by atomic mass is 35.5. The molecule has 3 N–H and O–H groups in total. The summed E-state index contributed by atoms with van der Waals surface area (Å²) in [5, 5.41) is 9.36. The normalized spacial score (nSPS) is 17.1. The number of likely N-dealkylation sites (N-methyl/N-ethyl adjacent to an activating group) is 1. The molecular weight excluding hydrogens is 530 g/mol. The molecule has 1 aliphatic rings. The summed E-state index contributed by atoms with van der Waals surface area (Å²) in [7, 11) is 3.85. The molecule has 0 saturated carbocycles. The zero-order chi connectivity index (χ0) is 27.4. The van der Waals surface area contributed by atoms with E-state index in [1.165, 1.54) is 12.2 Å². The predicted molar refractivity (Wildman–Crippen MR) is 154 cm³/mol. The van der Waals surface area contributed by atoms with Crippen LogP contribution in [-0.2, 0) is 25.6 Å². The van der Waals surface area contributed by atoms with Gasteiger partial charge < -0.3 is 16.0 Å². The van der Waals surface area contributed by atoms with Crippen LogP contribution in [0.2, 0.25) is 5.02 Å². The van der Waals surface area contributed by atoms with E-state index in [-0.39, 0.29) is 17.7 Å². The first-order valence-corrected chi connectivity index (χ1v) is 15.7. The highest BCUT2D eigenvalue weighted by Crippen LogP contribution is 2.39. The van der Waals surface area contributed by atoms with Gasteiger partial charge in [-0.2, -0.15) is 0 Å². The van der Waals surface area contributed by atoms with Crippen molar-refractivity contribution in [2.75, 3.05) is 12.3 Å². The number of benzene rings is 1. The van der Waals surface area contributed by atoms with E-state index in [2.05, 4.69) is 16.0 Å². The van der Waals surface area contributed by atoms with E-state index in [1.807, 2.05) is 42.4 Å². The van der Waals surface area contributed by atoms with Gasteiger partial charge in [-0.25, -0.2) is 0 Å². The Balaban J connectivity index is 2.05. The molecule has 10 heteroatoms. The van der Waals surface area contributed by atoms with E-state index in [9.17, 15) is 19.2 Å². The molecule has 1 aromatic rings. The number of ketones is 1. The number of unbranched alkanes of at least 4 members (excludes halogenated alkanes) is 1.